The van der Waals surface area contributed by atoms with E-state index in [4.69, 9.17) is 4.74 Å². The molecule has 3 saturated heterocycles. The minimum atomic E-state index is -0.391. The fourth-order valence-corrected chi connectivity index (χ4v) is 4.30. The van der Waals surface area contributed by atoms with E-state index in [2.05, 4.69) is 10.6 Å². The molecule has 3 fully saturated rings. The normalized spacial score (nSPS) is 28.3. The predicted molar refractivity (Wildman–Crippen MR) is 101 cm³/mol. The lowest BCUT2D eigenvalue weighted by molar-refractivity contribution is -0.145. The molecule has 0 spiro atoms. The molecule has 0 aliphatic carbocycles. The quantitative estimate of drug-likeness (QED) is 0.712. The number of nitrogens with one attached hydrogen (secondary N) is 2. The second kappa shape index (κ2) is 7.96. The SMILES string of the molecule is CCNCc1cccc(NC(=O)CN2C(=O)C3C4CCC(O4)C3C2=O)c1.Cl. The monoisotopic (exact) mass is 393 g/mol. The molecule has 27 heavy (non-hydrogen) atoms. The third kappa shape index (κ3) is 3.59. The lowest BCUT2D eigenvalue weighted by Crippen LogP contribution is -2.40. The van der Waals surface area contributed by atoms with Gasteiger partial charge < -0.3 is 15.4 Å². The lowest BCUT2D eigenvalue weighted by Gasteiger charge is -2.17. The number of hydrogen-bond acceptors (Lipinski definition) is 5. The summed E-state index contributed by atoms with van der Waals surface area (Å²) >= 11 is 0. The molecule has 3 heterocycles. The number of carbonyl (C=O) groups is 3. The van der Waals surface area contributed by atoms with Crippen LogP contribution >= 0.6 is 12.4 Å². The van der Waals surface area contributed by atoms with E-state index in [1.54, 1.807) is 6.07 Å². The van der Waals surface area contributed by atoms with Crippen LogP contribution in [-0.2, 0) is 25.7 Å². The molecule has 2 bridgehead atoms. The van der Waals surface area contributed by atoms with Gasteiger partial charge in [0.2, 0.25) is 17.7 Å². The Hall–Kier alpha value is -1.96. The Kier molecular flexibility index (Phi) is 5.83. The molecule has 2 N–H and O–H groups in total. The van der Waals surface area contributed by atoms with Gasteiger partial charge in [-0.05, 0) is 37.1 Å². The van der Waals surface area contributed by atoms with Crippen molar-refractivity contribution >= 4 is 35.8 Å². The Morgan fingerprint density at radius 1 is 1.19 bits per heavy atom. The number of hydrogen-bond donors (Lipinski definition) is 2. The smallest absolute Gasteiger partial charge is 0.244 e. The molecule has 4 unspecified atom stereocenters. The standard InChI is InChI=1S/C19H23N3O4.ClH/c1-2-20-9-11-4-3-5-12(8-11)21-15(23)10-22-18(24)16-13-6-7-14(26-13)17(16)19(22)25;/h3-5,8,13-14,16-17,20H,2,6-7,9-10H2,1H3,(H,21,23);1H. The molecule has 7 nitrogen and oxygen atoms in total. The number of fused-ring (bicyclic) bond motifs is 5. The number of amides is 3. The average molecular weight is 394 g/mol. The molecular formula is C19H24ClN3O4. The van der Waals surface area contributed by atoms with Gasteiger partial charge in [-0.25, -0.2) is 0 Å². The number of anilines is 1. The van der Waals surface area contributed by atoms with E-state index in [-0.39, 0.29) is 48.9 Å². The molecule has 3 aliphatic rings. The van der Waals surface area contributed by atoms with E-state index in [1.165, 1.54) is 0 Å². The molecule has 4 atom stereocenters. The molecule has 3 aliphatic heterocycles. The van der Waals surface area contributed by atoms with Crippen molar-refractivity contribution in [3.63, 3.8) is 0 Å². The van der Waals surface area contributed by atoms with Gasteiger partial charge in [-0.3, -0.25) is 19.3 Å². The van der Waals surface area contributed by atoms with Crippen LogP contribution in [0.4, 0.5) is 5.69 Å². The maximum absolute atomic E-state index is 12.6. The Morgan fingerprint density at radius 2 is 1.85 bits per heavy atom. The first-order valence-electron chi connectivity index (χ1n) is 9.18. The van der Waals surface area contributed by atoms with Gasteiger partial charge in [0, 0.05) is 12.2 Å². The molecule has 0 saturated carbocycles. The number of carbonyl (C=O) groups excluding carboxylic acids is 3. The number of ether oxygens (including phenoxy) is 1. The Morgan fingerprint density at radius 3 is 2.48 bits per heavy atom. The Bertz CT molecular complexity index is 728. The summed E-state index contributed by atoms with van der Waals surface area (Å²) in [5, 5.41) is 6.02. The van der Waals surface area contributed by atoms with Crippen molar-refractivity contribution in [2.75, 3.05) is 18.4 Å². The molecule has 3 amide bonds. The maximum atomic E-state index is 12.6. The van der Waals surface area contributed by atoms with Crippen LogP contribution in [0.5, 0.6) is 0 Å². The molecule has 0 aromatic heterocycles. The van der Waals surface area contributed by atoms with Crippen molar-refractivity contribution in [1.82, 2.24) is 10.2 Å². The zero-order valence-corrected chi connectivity index (χ0v) is 16.0. The molecule has 0 radical (unpaired) electrons. The van der Waals surface area contributed by atoms with Crippen LogP contribution in [0.25, 0.3) is 0 Å². The van der Waals surface area contributed by atoms with Crippen molar-refractivity contribution in [2.24, 2.45) is 11.8 Å². The number of halogens is 1. The van der Waals surface area contributed by atoms with Gasteiger partial charge in [0.1, 0.15) is 6.54 Å². The maximum Gasteiger partial charge on any atom is 0.244 e. The van der Waals surface area contributed by atoms with E-state index in [0.29, 0.717) is 5.69 Å². The minimum absolute atomic E-state index is 0. The van der Waals surface area contributed by atoms with Gasteiger partial charge >= 0.3 is 0 Å². The predicted octanol–water partition coefficient (Wildman–Crippen LogP) is 1.32. The van der Waals surface area contributed by atoms with Crippen LogP contribution in [0, 0.1) is 11.8 Å². The van der Waals surface area contributed by atoms with E-state index in [0.717, 1.165) is 36.4 Å². The fraction of sp³-hybridized carbons (Fsp3) is 0.526. The average Bonchev–Trinajstić information content (AvgIpc) is 3.30. The van der Waals surface area contributed by atoms with E-state index in [9.17, 15) is 14.4 Å². The van der Waals surface area contributed by atoms with Crippen LogP contribution in [0.15, 0.2) is 24.3 Å². The van der Waals surface area contributed by atoms with Crippen LogP contribution < -0.4 is 10.6 Å². The summed E-state index contributed by atoms with van der Waals surface area (Å²) in [6, 6.07) is 7.53. The zero-order valence-electron chi connectivity index (χ0n) is 15.1. The Labute approximate surface area is 164 Å². The summed E-state index contributed by atoms with van der Waals surface area (Å²) < 4.78 is 5.70. The van der Waals surface area contributed by atoms with Gasteiger partial charge in [0.25, 0.3) is 0 Å². The van der Waals surface area contributed by atoms with Crippen molar-refractivity contribution in [1.29, 1.82) is 0 Å². The van der Waals surface area contributed by atoms with Gasteiger partial charge in [0.15, 0.2) is 0 Å². The topological polar surface area (TPSA) is 87.7 Å². The molecule has 1 aromatic rings. The highest BCUT2D eigenvalue weighted by Crippen LogP contribution is 2.48. The first kappa shape index (κ1) is 19.8. The van der Waals surface area contributed by atoms with Crippen molar-refractivity contribution in [3.8, 4) is 0 Å². The highest BCUT2D eigenvalue weighted by Gasteiger charge is 2.62. The molecular weight excluding hydrogens is 370 g/mol. The summed E-state index contributed by atoms with van der Waals surface area (Å²) in [5.41, 5.74) is 1.72. The zero-order chi connectivity index (χ0) is 18.3. The van der Waals surface area contributed by atoms with E-state index < -0.39 is 11.8 Å². The summed E-state index contributed by atoms with van der Waals surface area (Å²) in [4.78, 5) is 38.7. The second-order valence-corrected chi connectivity index (χ2v) is 7.13. The fourth-order valence-electron chi connectivity index (χ4n) is 4.30. The molecule has 8 heteroatoms. The Balaban J connectivity index is 0.00000210. The summed E-state index contributed by atoms with van der Waals surface area (Å²) in [5.74, 6) is -1.66. The van der Waals surface area contributed by atoms with Crippen molar-refractivity contribution in [3.05, 3.63) is 29.8 Å². The molecule has 1 aromatic carbocycles. The summed E-state index contributed by atoms with van der Waals surface area (Å²) in [7, 11) is 0. The van der Waals surface area contributed by atoms with E-state index >= 15 is 0 Å². The molecule has 4 rings (SSSR count). The van der Waals surface area contributed by atoms with Gasteiger partial charge in [-0.2, -0.15) is 0 Å². The highest BCUT2D eigenvalue weighted by molar-refractivity contribution is 6.09. The van der Waals surface area contributed by atoms with Gasteiger partial charge in [-0.1, -0.05) is 19.1 Å². The third-order valence-electron chi connectivity index (χ3n) is 5.47. The van der Waals surface area contributed by atoms with Crippen molar-refractivity contribution < 1.29 is 19.1 Å². The minimum Gasteiger partial charge on any atom is -0.373 e. The number of imide groups is 1. The number of likely N-dealkylation sites (tertiary alicyclic amines) is 1. The first-order valence-corrected chi connectivity index (χ1v) is 9.18. The van der Waals surface area contributed by atoms with Gasteiger partial charge in [0.05, 0.1) is 24.0 Å². The van der Waals surface area contributed by atoms with Crippen molar-refractivity contribution in [2.45, 2.75) is 38.5 Å². The van der Waals surface area contributed by atoms with Gasteiger partial charge in [-0.15, -0.1) is 12.4 Å². The van der Waals surface area contributed by atoms with E-state index in [1.807, 2.05) is 25.1 Å². The van der Waals surface area contributed by atoms with Crippen LogP contribution in [-0.4, -0.2) is 47.9 Å². The number of benzene rings is 1. The van der Waals surface area contributed by atoms with Crippen LogP contribution in [0.1, 0.15) is 25.3 Å². The third-order valence-corrected chi connectivity index (χ3v) is 5.47. The largest absolute Gasteiger partial charge is 0.373 e. The first-order chi connectivity index (χ1) is 12.6. The molecule has 146 valence electrons. The highest BCUT2D eigenvalue weighted by atomic mass is 35.5. The van der Waals surface area contributed by atoms with Crippen LogP contribution in [0.3, 0.4) is 0 Å². The lowest BCUT2D eigenvalue weighted by atomic mass is 9.81. The number of nitrogens with zero attached hydrogens (tertiary/aromatic N) is 1. The second-order valence-electron chi connectivity index (χ2n) is 7.13. The summed E-state index contributed by atoms with van der Waals surface area (Å²) in [6.45, 7) is 3.38. The number of rotatable bonds is 6. The summed E-state index contributed by atoms with van der Waals surface area (Å²) in [6.07, 6.45) is 1.34. The van der Waals surface area contributed by atoms with Crippen LogP contribution in [0.2, 0.25) is 0 Å².